The summed E-state index contributed by atoms with van der Waals surface area (Å²) in [6, 6.07) is 11.8. The summed E-state index contributed by atoms with van der Waals surface area (Å²) in [5.74, 6) is -0.00704. The lowest BCUT2D eigenvalue weighted by Gasteiger charge is -2.18. The number of halogens is 1. The minimum Gasteiger partial charge on any atom is -0.321 e. The van der Waals surface area contributed by atoms with Crippen molar-refractivity contribution in [2.24, 2.45) is 0 Å². The third kappa shape index (κ3) is 5.48. The molecule has 3 aromatic rings. The van der Waals surface area contributed by atoms with Crippen molar-refractivity contribution in [2.75, 3.05) is 18.4 Å². The van der Waals surface area contributed by atoms with Gasteiger partial charge in [-0.1, -0.05) is 31.5 Å². The molecule has 2 aromatic carbocycles. The first-order chi connectivity index (χ1) is 14.0. The van der Waals surface area contributed by atoms with Crippen LogP contribution in [0, 0.1) is 12.7 Å². The predicted octanol–water partition coefficient (Wildman–Crippen LogP) is 2.19. The van der Waals surface area contributed by atoms with Crippen molar-refractivity contribution in [2.45, 2.75) is 33.2 Å². The van der Waals surface area contributed by atoms with E-state index in [0.29, 0.717) is 34.5 Å². The van der Waals surface area contributed by atoms with Gasteiger partial charge >= 0.3 is 0 Å². The van der Waals surface area contributed by atoms with E-state index in [2.05, 4.69) is 22.2 Å². The summed E-state index contributed by atoms with van der Waals surface area (Å²) in [6.07, 6.45) is 1.94. The first-order valence-electron chi connectivity index (χ1n) is 9.83. The number of aryl methyl sites for hydroxylation is 1. The number of hydrogen-bond acceptors (Lipinski definition) is 3. The second kappa shape index (κ2) is 9.43. The van der Waals surface area contributed by atoms with Gasteiger partial charge in [0.05, 0.1) is 17.4 Å². The molecule has 29 heavy (non-hydrogen) atoms. The van der Waals surface area contributed by atoms with Crippen molar-refractivity contribution in [1.29, 1.82) is 0 Å². The van der Waals surface area contributed by atoms with Crippen LogP contribution in [0.4, 0.5) is 10.1 Å². The molecule has 0 saturated carbocycles. The van der Waals surface area contributed by atoms with Crippen LogP contribution in [-0.4, -0.2) is 29.0 Å². The fourth-order valence-corrected chi connectivity index (χ4v) is 3.22. The highest BCUT2D eigenvalue weighted by atomic mass is 19.1. The van der Waals surface area contributed by atoms with Crippen LogP contribution in [0.2, 0.25) is 0 Å². The maximum absolute atomic E-state index is 13.7. The van der Waals surface area contributed by atoms with Gasteiger partial charge in [0.2, 0.25) is 0 Å². The molecular weight excluding hydrogens is 371 g/mol. The van der Waals surface area contributed by atoms with Gasteiger partial charge in [0.25, 0.3) is 11.5 Å². The summed E-state index contributed by atoms with van der Waals surface area (Å²) >= 11 is 0. The Morgan fingerprint density at radius 1 is 1.24 bits per heavy atom. The molecule has 1 amide bonds. The van der Waals surface area contributed by atoms with Crippen LogP contribution in [-0.2, 0) is 11.3 Å². The SMILES string of the molecule is CCCC[NH+](CC(=O)Nc1ccc(C)c(F)c1)Cc1nc2ccccc2c(=O)[nH]1. The zero-order valence-corrected chi connectivity index (χ0v) is 16.7. The Bertz CT molecular complexity index is 1060. The number of fused-ring (bicyclic) bond motifs is 1. The van der Waals surface area contributed by atoms with E-state index < -0.39 is 0 Å². The maximum Gasteiger partial charge on any atom is 0.279 e. The van der Waals surface area contributed by atoms with Crippen molar-refractivity contribution in [3.8, 4) is 0 Å². The van der Waals surface area contributed by atoms with Crippen LogP contribution in [0.15, 0.2) is 47.3 Å². The van der Waals surface area contributed by atoms with E-state index in [9.17, 15) is 14.0 Å². The lowest BCUT2D eigenvalue weighted by molar-refractivity contribution is -0.906. The van der Waals surface area contributed by atoms with Gasteiger partial charge in [0, 0.05) is 5.69 Å². The number of nitrogens with one attached hydrogen (secondary N) is 3. The monoisotopic (exact) mass is 397 g/mol. The highest BCUT2D eigenvalue weighted by Gasteiger charge is 2.17. The summed E-state index contributed by atoms with van der Waals surface area (Å²) in [4.78, 5) is 33.1. The van der Waals surface area contributed by atoms with Crippen molar-refractivity contribution >= 4 is 22.5 Å². The number of quaternary nitrogens is 1. The zero-order valence-electron chi connectivity index (χ0n) is 16.7. The van der Waals surface area contributed by atoms with E-state index in [4.69, 9.17) is 0 Å². The molecule has 0 saturated heterocycles. The second-order valence-corrected chi connectivity index (χ2v) is 7.25. The maximum atomic E-state index is 13.7. The fourth-order valence-electron chi connectivity index (χ4n) is 3.22. The van der Waals surface area contributed by atoms with Crippen LogP contribution in [0.1, 0.15) is 31.2 Å². The van der Waals surface area contributed by atoms with E-state index in [1.54, 1.807) is 37.3 Å². The number of unbranched alkanes of at least 4 members (excludes halogenated alkanes) is 1. The molecule has 1 aromatic heterocycles. The molecule has 6 nitrogen and oxygen atoms in total. The summed E-state index contributed by atoms with van der Waals surface area (Å²) in [7, 11) is 0. The van der Waals surface area contributed by atoms with Gasteiger partial charge in [-0.05, 0) is 43.2 Å². The lowest BCUT2D eigenvalue weighted by Crippen LogP contribution is -3.12. The van der Waals surface area contributed by atoms with Crippen molar-refractivity contribution < 1.29 is 14.1 Å². The summed E-state index contributed by atoms with van der Waals surface area (Å²) in [6.45, 7) is 5.16. The predicted molar refractivity (Wildman–Crippen MR) is 111 cm³/mol. The molecule has 0 bridgehead atoms. The molecule has 1 atom stereocenters. The van der Waals surface area contributed by atoms with Gasteiger partial charge in [-0.3, -0.25) is 9.59 Å². The standard InChI is InChI=1S/C22H25FN4O2/c1-3-4-11-27(14-21(28)24-16-10-9-15(2)18(23)12-16)13-20-25-19-8-6-5-7-17(19)22(29)26-20/h5-10,12H,3-4,11,13-14H2,1-2H3,(H,24,28)(H,25,26,29)/p+1. The smallest absolute Gasteiger partial charge is 0.279 e. The number of anilines is 1. The van der Waals surface area contributed by atoms with Gasteiger partial charge < -0.3 is 15.2 Å². The van der Waals surface area contributed by atoms with Crippen molar-refractivity contribution in [1.82, 2.24) is 9.97 Å². The Hall–Kier alpha value is -3.06. The molecule has 7 heteroatoms. The van der Waals surface area contributed by atoms with Gasteiger partial charge in [-0.15, -0.1) is 0 Å². The van der Waals surface area contributed by atoms with Crippen LogP contribution < -0.4 is 15.8 Å². The minimum atomic E-state index is -0.351. The number of rotatable bonds is 8. The average molecular weight is 397 g/mol. The topological polar surface area (TPSA) is 79.3 Å². The molecule has 1 unspecified atom stereocenters. The Morgan fingerprint density at radius 3 is 2.79 bits per heavy atom. The first-order valence-corrected chi connectivity index (χ1v) is 9.83. The van der Waals surface area contributed by atoms with E-state index in [1.165, 1.54) is 6.07 Å². The number of aromatic amines is 1. The van der Waals surface area contributed by atoms with E-state index in [-0.39, 0.29) is 23.8 Å². The molecule has 0 fully saturated rings. The van der Waals surface area contributed by atoms with Gasteiger partial charge in [0.1, 0.15) is 12.4 Å². The number of carbonyl (C=O) groups is 1. The number of carbonyl (C=O) groups excluding carboxylic acids is 1. The molecule has 0 spiro atoms. The van der Waals surface area contributed by atoms with Gasteiger partial charge in [-0.25, -0.2) is 9.37 Å². The number of aromatic nitrogens is 2. The van der Waals surface area contributed by atoms with Crippen LogP contribution in [0.5, 0.6) is 0 Å². The van der Waals surface area contributed by atoms with Gasteiger partial charge in [0.15, 0.2) is 12.4 Å². The van der Waals surface area contributed by atoms with E-state index in [1.807, 2.05) is 6.07 Å². The Morgan fingerprint density at radius 2 is 2.03 bits per heavy atom. The number of para-hydroxylation sites is 1. The second-order valence-electron chi connectivity index (χ2n) is 7.25. The van der Waals surface area contributed by atoms with Crippen molar-refractivity contribution in [3.05, 3.63) is 70.0 Å². The minimum absolute atomic E-state index is 0.181. The molecule has 3 rings (SSSR count). The highest BCUT2D eigenvalue weighted by Crippen LogP contribution is 2.13. The fraction of sp³-hybridized carbons (Fsp3) is 0.318. The zero-order chi connectivity index (χ0) is 20.8. The average Bonchev–Trinajstić information content (AvgIpc) is 2.69. The molecule has 1 heterocycles. The molecule has 0 aliphatic heterocycles. The summed E-state index contributed by atoms with van der Waals surface area (Å²) in [5.41, 5.74) is 1.43. The molecule has 3 N–H and O–H groups in total. The van der Waals surface area contributed by atoms with Crippen LogP contribution in [0.25, 0.3) is 10.9 Å². The van der Waals surface area contributed by atoms with Crippen LogP contribution in [0.3, 0.4) is 0 Å². The molecular formula is C22H26FN4O2+. The largest absolute Gasteiger partial charge is 0.321 e. The van der Waals surface area contributed by atoms with Crippen LogP contribution >= 0.6 is 0 Å². The highest BCUT2D eigenvalue weighted by molar-refractivity contribution is 5.91. The first kappa shape index (κ1) is 20.7. The molecule has 0 aliphatic rings. The molecule has 152 valence electrons. The number of hydrogen-bond donors (Lipinski definition) is 3. The van der Waals surface area contributed by atoms with Gasteiger partial charge in [-0.2, -0.15) is 0 Å². The number of nitrogens with zero attached hydrogens (tertiary/aromatic N) is 1. The van der Waals surface area contributed by atoms with E-state index in [0.717, 1.165) is 24.3 Å². The third-order valence-corrected chi connectivity index (χ3v) is 4.83. The number of benzene rings is 2. The Labute approximate surface area is 168 Å². The Kier molecular flexibility index (Phi) is 6.72. The summed E-state index contributed by atoms with van der Waals surface area (Å²) < 4.78 is 13.7. The lowest BCUT2D eigenvalue weighted by atomic mass is 10.2. The summed E-state index contributed by atoms with van der Waals surface area (Å²) in [5, 5.41) is 3.30. The molecule has 0 radical (unpaired) electrons. The van der Waals surface area contributed by atoms with E-state index >= 15 is 0 Å². The molecule has 0 aliphatic carbocycles. The number of amides is 1. The van der Waals surface area contributed by atoms with Crippen molar-refractivity contribution in [3.63, 3.8) is 0 Å². The Balaban J connectivity index is 1.73. The number of H-pyrrole nitrogens is 1. The normalized spacial score (nSPS) is 12.1. The third-order valence-electron chi connectivity index (χ3n) is 4.83. The quantitative estimate of drug-likeness (QED) is 0.545.